The first-order valence-electron chi connectivity index (χ1n) is 11.1. The quantitative estimate of drug-likeness (QED) is 0.527. The molecule has 0 bridgehead atoms. The molecule has 182 valence electrons. The average Bonchev–Trinajstić information content (AvgIpc) is 2.80. The summed E-state index contributed by atoms with van der Waals surface area (Å²) in [5, 5.41) is 5.51. The molecule has 33 heavy (non-hydrogen) atoms. The second kappa shape index (κ2) is 12.5. The average molecular weight is 461 g/mol. The van der Waals surface area contributed by atoms with Crippen LogP contribution in [0.15, 0.2) is 54.1 Å². The van der Waals surface area contributed by atoms with Crippen LogP contribution in [0.4, 0.5) is 4.79 Å². The van der Waals surface area contributed by atoms with E-state index in [0.717, 1.165) is 11.1 Å². The van der Waals surface area contributed by atoms with Crippen LogP contribution in [0.1, 0.15) is 33.3 Å². The van der Waals surface area contributed by atoms with Gasteiger partial charge in [0.1, 0.15) is 17.7 Å². The molecule has 4 atom stereocenters. The summed E-state index contributed by atoms with van der Waals surface area (Å²) in [7, 11) is 3.24. The van der Waals surface area contributed by atoms with Crippen LogP contribution in [-0.2, 0) is 30.3 Å². The third-order valence-electron chi connectivity index (χ3n) is 5.44. The van der Waals surface area contributed by atoms with Crippen molar-refractivity contribution in [3.63, 3.8) is 0 Å². The molecular weight excluding hydrogens is 424 g/mol. The summed E-state index contributed by atoms with van der Waals surface area (Å²) >= 11 is 0. The largest absolute Gasteiger partial charge is 0.447 e. The third kappa shape index (κ3) is 7.99. The van der Waals surface area contributed by atoms with Crippen LogP contribution in [0.3, 0.4) is 0 Å². The van der Waals surface area contributed by atoms with Crippen molar-refractivity contribution >= 4 is 12.0 Å². The summed E-state index contributed by atoms with van der Waals surface area (Å²) in [5.41, 5.74) is 1.26. The van der Waals surface area contributed by atoms with Crippen LogP contribution < -0.4 is 10.6 Å². The number of alkyl carbamates (subject to hydrolysis) is 1. The lowest BCUT2D eigenvalue weighted by atomic mass is 9.90. The minimum Gasteiger partial charge on any atom is -0.447 e. The standard InChI is InChI=1S/C25H36N2O6/c1-17(2)33-24(29)27-22(18(3)32-16-19-10-8-7-9-11-19)23(28)26-15-20-12-13-25(4,31-6)21(14-20)30-5/h7-14,17-18,21-22H,15-16H2,1-6H3,(H,26,28)(H,27,29)/t18-,21?,22+,25?/m1/s1. The zero-order valence-corrected chi connectivity index (χ0v) is 20.3. The van der Waals surface area contributed by atoms with Crippen molar-refractivity contribution in [3.05, 3.63) is 59.7 Å². The first-order valence-corrected chi connectivity index (χ1v) is 11.1. The molecule has 1 aromatic carbocycles. The fourth-order valence-electron chi connectivity index (χ4n) is 3.36. The molecule has 0 heterocycles. The Morgan fingerprint density at radius 2 is 1.82 bits per heavy atom. The van der Waals surface area contributed by atoms with Crippen LogP contribution in [0.25, 0.3) is 0 Å². The highest BCUT2D eigenvalue weighted by atomic mass is 16.6. The molecule has 8 nitrogen and oxygen atoms in total. The molecule has 0 radical (unpaired) electrons. The number of carbonyl (C=O) groups excluding carboxylic acids is 2. The Morgan fingerprint density at radius 3 is 2.42 bits per heavy atom. The lowest BCUT2D eigenvalue weighted by Gasteiger charge is -2.34. The fraction of sp³-hybridized carbons (Fsp3) is 0.520. The Kier molecular flexibility index (Phi) is 10.1. The Balaban J connectivity index is 2.04. The van der Waals surface area contributed by atoms with Gasteiger partial charge in [-0.3, -0.25) is 4.79 Å². The van der Waals surface area contributed by atoms with Crippen LogP contribution >= 0.6 is 0 Å². The van der Waals surface area contributed by atoms with Crippen molar-refractivity contribution in [2.45, 2.75) is 64.3 Å². The van der Waals surface area contributed by atoms with E-state index in [4.69, 9.17) is 18.9 Å². The number of hydrogen-bond donors (Lipinski definition) is 2. The van der Waals surface area contributed by atoms with Gasteiger partial charge in [0, 0.05) is 20.8 Å². The summed E-state index contributed by atoms with van der Waals surface area (Å²) in [6, 6.07) is 8.69. The van der Waals surface area contributed by atoms with Crippen molar-refractivity contribution in [3.8, 4) is 0 Å². The van der Waals surface area contributed by atoms with E-state index in [0.29, 0.717) is 6.61 Å². The number of ether oxygens (including phenoxy) is 4. The SMILES string of the molecule is COC1C=C(CNC(=O)[C@@H](NC(=O)OC(C)C)[C@@H](C)OCc2ccccc2)C=CC1(C)OC. The highest BCUT2D eigenvalue weighted by molar-refractivity contribution is 5.86. The number of hydrogen-bond acceptors (Lipinski definition) is 6. The minimum absolute atomic E-state index is 0.262. The van der Waals surface area contributed by atoms with Gasteiger partial charge in [-0.2, -0.15) is 0 Å². The van der Waals surface area contributed by atoms with E-state index in [1.165, 1.54) is 0 Å². The highest BCUT2D eigenvalue weighted by Gasteiger charge is 2.33. The van der Waals surface area contributed by atoms with Gasteiger partial charge in [0.05, 0.1) is 18.8 Å². The maximum atomic E-state index is 13.0. The lowest BCUT2D eigenvalue weighted by Crippen LogP contribution is -2.53. The zero-order valence-electron chi connectivity index (χ0n) is 20.3. The maximum Gasteiger partial charge on any atom is 0.408 e. The molecular formula is C25H36N2O6. The van der Waals surface area contributed by atoms with Gasteiger partial charge < -0.3 is 29.6 Å². The molecule has 2 N–H and O–H groups in total. The van der Waals surface area contributed by atoms with E-state index in [2.05, 4.69) is 10.6 Å². The Labute approximate surface area is 196 Å². The number of amides is 2. The minimum atomic E-state index is -0.935. The number of carbonyl (C=O) groups is 2. The number of benzene rings is 1. The summed E-state index contributed by atoms with van der Waals surface area (Å²) in [6.07, 6.45) is 3.84. The van der Waals surface area contributed by atoms with Gasteiger partial charge in [-0.1, -0.05) is 36.4 Å². The maximum absolute atomic E-state index is 13.0. The van der Waals surface area contributed by atoms with Gasteiger partial charge in [-0.15, -0.1) is 0 Å². The molecule has 2 rings (SSSR count). The molecule has 0 fully saturated rings. The van der Waals surface area contributed by atoms with Gasteiger partial charge >= 0.3 is 6.09 Å². The monoisotopic (exact) mass is 460 g/mol. The van der Waals surface area contributed by atoms with E-state index >= 15 is 0 Å². The first-order chi connectivity index (χ1) is 15.7. The Hall–Kier alpha value is -2.68. The molecule has 1 aromatic rings. The summed E-state index contributed by atoms with van der Waals surface area (Å²) in [5.74, 6) is -0.375. The van der Waals surface area contributed by atoms with E-state index in [9.17, 15) is 9.59 Å². The van der Waals surface area contributed by atoms with Gasteiger partial charge in [-0.05, 0) is 51.0 Å². The van der Waals surface area contributed by atoms with Crippen molar-refractivity contribution in [2.24, 2.45) is 0 Å². The molecule has 2 amide bonds. The molecule has 0 aromatic heterocycles. The van der Waals surface area contributed by atoms with Crippen LogP contribution in [0.5, 0.6) is 0 Å². The van der Waals surface area contributed by atoms with Gasteiger partial charge in [0.15, 0.2) is 0 Å². The first kappa shape index (κ1) is 26.6. The predicted octanol–water partition coefficient (Wildman–Crippen LogP) is 3.13. The summed E-state index contributed by atoms with van der Waals surface area (Å²) < 4.78 is 22.1. The zero-order chi connectivity index (χ0) is 24.4. The number of methoxy groups -OCH3 is 2. The Bertz CT molecular complexity index is 839. The van der Waals surface area contributed by atoms with Gasteiger partial charge in [0.25, 0.3) is 0 Å². The Morgan fingerprint density at radius 1 is 1.12 bits per heavy atom. The molecule has 1 aliphatic carbocycles. The smallest absolute Gasteiger partial charge is 0.408 e. The highest BCUT2D eigenvalue weighted by Crippen LogP contribution is 2.26. The summed E-state index contributed by atoms with van der Waals surface area (Å²) in [4.78, 5) is 25.2. The third-order valence-corrected chi connectivity index (χ3v) is 5.44. The molecule has 2 unspecified atom stereocenters. The molecule has 0 saturated carbocycles. The topological polar surface area (TPSA) is 95.1 Å². The van der Waals surface area contributed by atoms with Crippen molar-refractivity contribution in [2.75, 3.05) is 20.8 Å². The van der Waals surface area contributed by atoms with E-state index in [-0.39, 0.29) is 24.7 Å². The normalized spacial score (nSPS) is 21.8. The molecule has 0 spiro atoms. The molecule has 8 heteroatoms. The lowest BCUT2D eigenvalue weighted by molar-refractivity contribution is -0.126. The van der Waals surface area contributed by atoms with Crippen LogP contribution in [0.2, 0.25) is 0 Å². The van der Waals surface area contributed by atoms with Crippen molar-refractivity contribution < 1.29 is 28.5 Å². The molecule has 0 aliphatic heterocycles. The van der Waals surface area contributed by atoms with E-state index in [1.54, 1.807) is 35.0 Å². The number of rotatable bonds is 11. The van der Waals surface area contributed by atoms with Crippen LogP contribution in [0, 0.1) is 0 Å². The molecule has 0 saturated heterocycles. The van der Waals surface area contributed by atoms with Crippen LogP contribution in [-0.4, -0.2) is 62.7 Å². The van der Waals surface area contributed by atoms with Crippen molar-refractivity contribution in [1.29, 1.82) is 0 Å². The van der Waals surface area contributed by atoms with Crippen molar-refractivity contribution in [1.82, 2.24) is 10.6 Å². The number of nitrogens with one attached hydrogen (secondary N) is 2. The second-order valence-electron chi connectivity index (χ2n) is 8.41. The van der Waals surface area contributed by atoms with Gasteiger partial charge in [0.2, 0.25) is 5.91 Å². The second-order valence-corrected chi connectivity index (χ2v) is 8.41. The molecule has 1 aliphatic rings. The fourth-order valence-corrected chi connectivity index (χ4v) is 3.36. The van der Waals surface area contributed by atoms with E-state index < -0.39 is 23.8 Å². The van der Waals surface area contributed by atoms with E-state index in [1.807, 2.05) is 55.5 Å². The summed E-state index contributed by atoms with van der Waals surface area (Å²) in [6.45, 7) is 7.73. The predicted molar refractivity (Wildman–Crippen MR) is 126 cm³/mol. The van der Waals surface area contributed by atoms with Gasteiger partial charge in [-0.25, -0.2) is 4.79 Å².